The van der Waals surface area contributed by atoms with E-state index in [1.807, 2.05) is 32.3 Å². The molecule has 0 aliphatic carbocycles. The number of hydrogen-bond donors (Lipinski definition) is 3. The van der Waals surface area contributed by atoms with Gasteiger partial charge in [0.1, 0.15) is 0 Å². The fraction of sp³-hybridized carbons (Fsp3) is 0.368. The largest absolute Gasteiger partial charge is 0.359 e. The van der Waals surface area contributed by atoms with Crippen LogP contribution in [0.4, 0.5) is 10.5 Å². The lowest BCUT2D eigenvalue weighted by molar-refractivity contribution is -0.119. The van der Waals surface area contributed by atoms with Crippen LogP contribution in [0.3, 0.4) is 0 Å². The third kappa shape index (κ3) is 5.57. The van der Waals surface area contributed by atoms with Crippen LogP contribution in [0.2, 0.25) is 0 Å². The normalized spacial score (nSPS) is 11.9. The predicted molar refractivity (Wildman–Crippen MR) is 107 cm³/mol. The summed E-state index contributed by atoms with van der Waals surface area (Å²) in [5.41, 5.74) is 2.75. The molecule has 0 saturated carbocycles. The molecule has 0 fully saturated rings. The summed E-state index contributed by atoms with van der Waals surface area (Å²) in [6.45, 7) is 2.60. The molecule has 2 rings (SSSR count). The van der Waals surface area contributed by atoms with Crippen LogP contribution in [0.1, 0.15) is 22.0 Å². The van der Waals surface area contributed by atoms with Gasteiger partial charge in [0.2, 0.25) is 5.91 Å². The van der Waals surface area contributed by atoms with E-state index in [0.717, 1.165) is 5.56 Å². The van der Waals surface area contributed by atoms with E-state index in [-0.39, 0.29) is 24.4 Å². The lowest BCUT2D eigenvalue weighted by Crippen LogP contribution is -2.36. The second-order valence-electron chi connectivity index (χ2n) is 6.33. The van der Waals surface area contributed by atoms with Crippen molar-refractivity contribution < 1.29 is 9.59 Å². The van der Waals surface area contributed by atoms with Crippen molar-refractivity contribution in [2.24, 2.45) is 0 Å². The number of carbonyl (C=O) groups excluding carboxylic acids is 2. The SMILES string of the molecule is CNC(=O)Cc1cccc(NC(=O)NCC(c2sccc2C)N(C)C)c1. The zero-order valence-corrected chi connectivity index (χ0v) is 16.4. The van der Waals surface area contributed by atoms with Crippen LogP contribution in [-0.4, -0.2) is 44.5 Å². The summed E-state index contributed by atoms with van der Waals surface area (Å²) in [7, 11) is 5.62. The molecule has 2 aromatic rings. The molecule has 1 aromatic heterocycles. The fourth-order valence-electron chi connectivity index (χ4n) is 2.63. The molecule has 1 aromatic carbocycles. The van der Waals surface area contributed by atoms with Crippen LogP contribution in [0.5, 0.6) is 0 Å². The van der Waals surface area contributed by atoms with Crippen LogP contribution in [0, 0.1) is 6.92 Å². The Morgan fingerprint density at radius 3 is 2.62 bits per heavy atom. The van der Waals surface area contributed by atoms with E-state index in [9.17, 15) is 9.59 Å². The van der Waals surface area contributed by atoms with Crippen molar-refractivity contribution in [3.05, 3.63) is 51.7 Å². The van der Waals surface area contributed by atoms with E-state index in [2.05, 4.69) is 39.2 Å². The fourth-order valence-corrected chi connectivity index (χ4v) is 3.76. The molecule has 140 valence electrons. The van der Waals surface area contributed by atoms with Crippen molar-refractivity contribution in [3.63, 3.8) is 0 Å². The number of urea groups is 1. The highest BCUT2D eigenvalue weighted by Gasteiger charge is 2.18. The first kappa shape index (κ1) is 19.9. The monoisotopic (exact) mass is 374 g/mol. The summed E-state index contributed by atoms with van der Waals surface area (Å²) >= 11 is 1.70. The zero-order chi connectivity index (χ0) is 19.1. The Bertz CT molecular complexity index is 758. The Kier molecular flexibility index (Phi) is 7.17. The molecule has 0 aliphatic heterocycles. The predicted octanol–water partition coefficient (Wildman–Crippen LogP) is 2.77. The highest BCUT2D eigenvalue weighted by Crippen LogP contribution is 2.26. The Balaban J connectivity index is 1.95. The maximum Gasteiger partial charge on any atom is 0.319 e. The van der Waals surface area contributed by atoms with Gasteiger partial charge in [-0.1, -0.05) is 12.1 Å². The van der Waals surface area contributed by atoms with Gasteiger partial charge in [0.05, 0.1) is 12.5 Å². The summed E-state index contributed by atoms with van der Waals surface area (Å²) in [6, 6.07) is 9.25. The molecule has 0 aliphatic rings. The first-order valence-electron chi connectivity index (χ1n) is 8.45. The number of benzene rings is 1. The van der Waals surface area contributed by atoms with Gasteiger partial charge in [-0.15, -0.1) is 11.3 Å². The molecule has 6 nitrogen and oxygen atoms in total. The molecule has 26 heavy (non-hydrogen) atoms. The van der Waals surface area contributed by atoms with Crippen LogP contribution < -0.4 is 16.0 Å². The van der Waals surface area contributed by atoms with Crippen molar-refractivity contribution in [2.45, 2.75) is 19.4 Å². The molecule has 7 heteroatoms. The average molecular weight is 375 g/mol. The molecule has 3 N–H and O–H groups in total. The van der Waals surface area contributed by atoms with Crippen molar-refractivity contribution in [2.75, 3.05) is 33.0 Å². The Hall–Kier alpha value is -2.38. The molecule has 0 bridgehead atoms. The van der Waals surface area contributed by atoms with E-state index < -0.39 is 0 Å². The second-order valence-corrected chi connectivity index (χ2v) is 7.28. The number of rotatable bonds is 7. The molecule has 0 radical (unpaired) electrons. The van der Waals surface area contributed by atoms with Gasteiger partial charge >= 0.3 is 6.03 Å². The minimum atomic E-state index is -0.261. The minimum absolute atomic E-state index is 0.0632. The number of aryl methyl sites for hydroxylation is 1. The van der Waals surface area contributed by atoms with Crippen LogP contribution in [0.15, 0.2) is 35.7 Å². The number of thiophene rings is 1. The van der Waals surface area contributed by atoms with Crippen LogP contribution in [-0.2, 0) is 11.2 Å². The lowest BCUT2D eigenvalue weighted by atomic mass is 10.1. The van der Waals surface area contributed by atoms with Crippen LogP contribution >= 0.6 is 11.3 Å². The quantitative estimate of drug-likeness (QED) is 0.698. The zero-order valence-electron chi connectivity index (χ0n) is 15.6. The number of anilines is 1. The van der Waals surface area contributed by atoms with Crippen molar-refractivity contribution in [3.8, 4) is 0 Å². The van der Waals surface area contributed by atoms with Gasteiger partial charge in [-0.05, 0) is 55.7 Å². The molecule has 0 spiro atoms. The van der Waals surface area contributed by atoms with E-state index in [1.54, 1.807) is 24.5 Å². The first-order valence-corrected chi connectivity index (χ1v) is 9.33. The third-order valence-electron chi connectivity index (χ3n) is 4.11. The number of hydrogen-bond acceptors (Lipinski definition) is 4. The molecule has 3 amide bonds. The smallest absolute Gasteiger partial charge is 0.319 e. The Morgan fingerprint density at radius 2 is 2.00 bits per heavy atom. The van der Waals surface area contributed by atoms with Gasteiger partial charge in [-0.25, -0.2) is 4.79 Å². The minimum Gasteiger partial charge on any atom is -0.359 e. The van der Waals surface area contributed by atoms with Gasteiger partial charge in [-0.2, -0.15) is 0 Å². The van der Waals surface area contributed by atoms with Crippen molar-refractivity contribution in [1.29, 1.82) is 0 Å². The van der Waals surface area contributed by atoms with Crippen LogP contribution in [0.25, 0.3) is 0 Å². The summed E-state index contributed by atoms with van der Waals surface area (Å²) in [6.07, 6.45) is 0.286. The standard InChI is InChI=1S/C19H26N4O2S/c1-13-8-9-26-18(13)16(23(3)4)12-21-19(25)22-15-7-5-6-14(10-15)11-17(24)20-2/h5-10,16H,11-12H2,1-4H3,(H,20,24)(H2,21,22,25). The van der Waals surface area contributed by atoms with E-state index in [0.29, 0.717) is 12.2 Å². The molecule has 1 unspecified atom stereocenters. The Morgan fingerprint density at radius 1 is 1.23 bits per heavy atom. The molecular formula is C19H26N4O2S. The third-order valence-corrected chi connectivity index (χ3v) is 5.23. The molecule has 1 heterocycles. The highest BCUT2D eigenvalue weighted by atomic mass is 32.1. The number of amides is 3. The van der Waals surface area contributed by atoms with E-state index in [1.165, 1.54) is 10.4 Å². The molecule has 0 saturated heterocycles. The first-order chi connectivity index (χ1) is 12.4. The summed E-state index contributed by atoms with van der Waals surface area (Å²) in [5.74, 6) is -0.0632. The van der Waals surface area contributed by atoms with Crippen molar-refractivity contribution in [1.82, 2.24) is 15.5 Å². The Labute approximate surface area is 158 Å². The lowest BCUT2D eigenvalue weighted by Gasteiger charge is -2.24. The van der Waals surface area contributed by atoms with E-state index >= 15 is 0 Å². The van der Waals surface area contributed by atoms with Gasteiger partial charge < -0.3 is 20.9 Å². The molecular weight excluding hydrogens is 348 g/mol. The number of nitrogens with one attached hydrogen (secondary N) is 3. The number of carbonyl (C=O) groups is 2. The van der Waals surface area contributed by atoms with Gasteiger partial charge in [0, 0.05) is 24.2 Å². The summed E-state index contributed by atoms with van der Waals surface area (Å²) in [4.78, 5) is 27.1. The molecule has 1 atom stereocenters. The maximum absolute atomic E-state index is 12.3. The van der Waals surface area contributed by atoms with Gasteiger partial charge in [0.15, 0.2) is 0 Å². The summed E-state index contributed by atoms with van der Waals surface area (Å²) in [5, 5.41) is 10.4. The maximum atomic E-state index is 12.3. The van der Waals surface area contributed by atoms with E-state index in [4.69, 9.17) is 0 Å². The average Bonchev–Trinajstić information content (AvgIpc) is 3.01. The van der Waals surface area contributed by atoms with Gasteiger partial charge in [-0.3, -0.25) is 4.79 Å². The summed E-state index contributed by atoms with van der Waals surface area (Å²) < 4.78 is 0. The van der Waals surface area contributed by atoms with Crippen molar-refractivity contribution >= 4 is 29.0 Å². The topological polar surface area (TPSA) is 73.5 Å². The number of nitrogens with zero attached hydrogens (tertiary/aromatic N) is 1. The number of likely N-dealkylation sites (N-methyl/N-ethyl adjacent to an activating group) is 2. The van der Waals surface area contributed by atoms with Gasteiger partial charge in [0.25, 0.3) is 0 Å². The second kappa shape index (κ2) is 9.35. The highest BCUT2D eigenvalue weighted by molar-refractivity contribution is 7.10.